The Hall–Kier alpha value is -3.89. The second-order valence-corrected chi connectivity index (χ2v) is 25.6. The minimum absolute atomic E-state index is 0. The molecule has 2 aliphatic carbocycles. The van der Waals surface area contributed by atoms with E-state index in [1.54, 1.807) is 12.1 Å². The summed E-state index contributed by atoms with van der Waals surface area (Å²) in [5, 5.41) is 7.24. The first kappa shape index (κ1) is 56.3. The molecule has 1 saturated carbocycles. The molecule has 4 aromatic carbocycles. The summed E-state index contributed by atoms with van der Waals surface area (Å²) in [7, 11) is -10.9. The number of morpholine rings is 1. The van der Waals surface area contributed by atoms with Crippen LogP contribution in [0, 0.1) is 5.41 Å². The third kappa shape index (κ3) is 13.6. The van der Waals surface area contributed by atoms with Crippen LogP contribution in [0.3, 0.4) is 0 Å². The van der Waals surface area contributed by atoms with E-state index in [2.05, 4.69) is 49.3 Å². The molecule has 402 valence electrons. The van der Waals surface area contributed by atoms with Crippen molar-refractivity contribution in [2.45, 2.75) is 77.2 Å². The van der Waals surface area contributed by atoms with Crippen LogP contribution in [0.2, 0.25) is 5.02 Å². The molecule has 1 spiro atoms. The predicted octanol–water partition coefficient (Wildman–Crippen LogP) is 8.67. The number of hydrogen-bond donors (Lipinski definition) is 3. The molecule has 0 bridgehead atoms. The Kier molecular flexibility index (Phi) is 18.1. The molecular formula is C53H66Cl2F3N7O6S3. The Labute approximate surface area is 449 Å². The van der Waals surface area contributed by atoms with Crippen LogP contribution in [-0.4, -0.2) is 152 Å². The van der Waals surface area contributed by atoms with Crippen molar-refractivity contribution < 1.29 is 39.5 Å². The number of carbonyl (C=O) groups excluding carboxylic acids is 1. The molecule has 1 amide bonds. The number of carbonyl (C=O) groups is 1. The number of thioether (sulfide) groups is 1. The molecule has 74 heavy (non-hydrogen) atoms. The highest BCUT2D eigenvalue weighted by molar-refractivity contribution is 7.99. The number of hydrogen-bond acceptors (Lipinski definition) is 13. The summed E-state index contributed by atoms with van der Waals surface area (Å²) < 4.78 is 105. The highest BCUT2D eigenvalue weighted by Gasteiger charge is 2.50. The lowest BCUT2D eigenvalue weighted by molar-refractivity contribution is -0.0435. The van der Waals surface area contributed by atoms with Crippen LogP contribution in [-0.2, 0) is 24.6 Å². The van der Waals surface area contributed by atoms with Gasteiger partial charge in [0.05, 0.1) is 23.8 Å². The van der Waals surface area contributed by atoms with E-state index in [1.165, 1.54) is 40.6 Å². The van der Waals surface area contributed by atoms with E-state index in [1.807, 2.05) is 47.2 Å². The Morgan fingerprint density at radius 2 is 1.57 bits per heavy atom. The molecule has 5 aliphatic rings. The molecule has 3 saturated heterocycles. The van der Waals surface area contributed by atoms with Crippen LogP contribution in [0.25, 0.3) is 5.57 Å². The molecule has 2 unspecified atom stereocenters. The number of sulfonamides is 1. The maximum absolute atomic E-state index is 14.3. The Bertz CT molecular complexity index is 2830. The summed E-state index contributed by atoms with van der Waals surface area (Å²) in [6.45, 7) is 14.1. The number of piperazine rings is 2. The van der Waals surface area contributed by atoms with Gasteiger partial charge in [0.2, 0.25) is 0 Å². The van der Waals surface area contributed by atoms with Gasteiger partial charge in [-0.15, -0.1) is 24.2 Å². The smallest absolute Gasteiger partial charge is 0.380 e. The molecule has 13 nitrogen and oxygen atoms in total. The maximum Gasteiger partial charge on any atom is 0.501 e. The van der Waals surface area contributed by atoms with E-state index >= 15 is 0 Å². The van der Waals surface area contributed by atoms with Crippen molar-refractivity contribution in [3.05, 3.63) is 119 Å². The largest absolute Gasteiger partial charge is 0.501 e. The third-order valence-electron chi connectivity index (χ3n) is 15.1. The van der Waals surface area contributed by atoms with Gasteiger partial charge in [0.15, 0.2) is 0 Å². The van der Waals surface area contributed by atoms with Crippen molar-refractivity contribution in [1.29, 1.82) is 0 Å². The zero-order chi connectivity index (χ0) is 51.4. The Balaban J connectivity index is 0.00000729. The van der Waals surface area contributed by atoms with Gasteiger partial charge < -0.3 is 25.2 Å². The Morgan fingerprint density at radius 1 is 0.865 bits per heavy atom. The average molecular weight is 1120 g/mol. The SMILES string of the molecule is CC1(CN2CCNCC2)CCC(c2ccc(Cl)cc2)=C(CN2CCN(c3ccc(C(=O)NS(=O)(=O)c4ccc(NC(CCN5CCOCC56CC6)CSc5ccccc5)c(S(=O)(=O)C(F)(F)F)c4)cc3)CC2)C1.Cl. The minimum Gasteiger partial charge on any atom is -0.380 e. The fraction of sp³-hybridized carbons (Fsp3) is 0.491. The van der Waals surface area contributed by atoms with E-state index in [0.717, 1.165) is 125 Å². The standard InChI is InChI=1S/C53H65ClF3N7O6S3.ClH/c1-51(37-62-25-22-58-23-26-62)19-17-47(39-7-11-42(54)12-8-39)41(34-51)35-61-27-29-63(30-28-61)44-13-9-40(10-14-44)50(65)60-73(68,69)46-15-16-48(49(33-46)72(66,67)53(55,56)57)59-43(36-71-45-5-3-2-4-6-45)18-24-64-31-32-70-38-52(64)20-21-52;/h2-16,33,43,58-59H,17-32,34-38H2,1H3,(H,60,65);1H. The second kappa shape index (κ2) is 23.8. The number of sulfone groups is 1. The van der Waals surface area contributed by atoms with Gasteiger partial charge >= 0.3 is 5.51 Å². The number of anilines is 2. The normalized spacial score (nSPS) is 21.5. The quantitative estimate of drug-likeness (QED) is 0.0819. The minimum atomic E-state index is -6.07. The summed E-state index contributed by atoms with van der Waals surface area (Å²) in [4.78, 5) is 22.0. The van der Waals surface area contributed by atoms with Gasteiger partial charge in [0.1, 0.15) is 4.90 Å². The topological polar surface area (TPSA) is 144 Å². The predicted molar refractivity (Wildman–Crippen MR) is 290 cm³/mol. The zero-order valence-electron chi connectivity index (χ0n) is 41.5. The average Bonchev–Trinajstić information content (AvgIpc) is 4.15. The van der Waals surface area contributed by atoms with Crippen LogP contribution in [0.4, 0.5) is 24.5 Å². The van der Waals surface area contributed by atoms with Crippen molar-refractivity contribution in [1.82, 2.24) is 24.7 Å². The lowest BCUT2D eigenvalue weighted by Crippen LogP contribution is -2.49. The fourth-order valence-electron chi connectivity index (χ4n) is 10.8. The fourth-order valence-corrected chi connectivity index (χ4v) is 13.9. The first-order valence-electron chi connectivity index (χ1n) is 25.2. The summed E-state index contributed by atoms with van der Waals surface area (Å²) in [5.41, 5.74) is -1.05. The summed E-state index contributed by atoms with van der Waals surface area (Å²) in [5.74, 6) is -0.644. The van der Waals surface area contributed by atoms with Crippen LogP contribution >= 0.6 is 35.8 Å². The summed E-state index contributed by atoms with van der Waals surface area (Å²) in [6, 6.07) is 26.1. The van der Waals surface area contributed by atoms with Gasteiger partial charge in [0.25, 0.3) is 25.8 Å². The summed E-state index contributed by atoms with van der Waals surface area (Å²) in [6.07, 6.45) is 5.59. The van der Waals surface area contributed by atoms with Gasteiger partial charge in [-0.05, 0) is 122 Å². The van der Waals surface area contributed by atoms with Crippen molar-refractivity contribution in [2.75, 3.05) is 108 Å². The number of rotatable bonds is 18. The molecule has 9 rings (SSSR count). The number of allylic oxidation sites excluding steroid dienone is 1. The number of alkyl halides is 3. The van der Waals surface area contributed by atoms with Crippen LogP contribution < -0.4 is 20.3 Å². The van der Waals surface area contributed by atoms with Crippen molar-refractivity contribution in [3.63, 3.8) is 0 Å². The van der Waals surface area contributed by atoms with E-state index in [0.29, 0.717) is 44.5 Å². The number of halogens is 5. The highest BCUT2D eigenvalue weighted by Crippen LogP contribution is 2.45. The van der Waals surface area contributed by atoms with Crippen LogP contribution in [0.1, 0.15) is 61.4 Å². The van der Waals surface area contributed by atoms with Crippen LogP contribution in [0.5, 0.6) is 0 Å². The molecular weight excluding hydrogens is 1050 g/mol. The molecule has 3 aliphatic heterocycles. The lowest BCUT2D eigenvalue weighted by Gasteiger charge is -2.43. The van der Waals surface area contributed by atoms with Gasteiger partial charge in [-0.1, -0.05) is 54.4 Å². The van der Waals surface area contributed by atoms with Crippen molar-refractivity contribution >= 4 is 78.5 Å². The second-order valence-electron chi connectivity index (χ2n) is 20.5. The number of ether oxygens (including phenoxy) is 1. The molecule has 4 aromatic rings. The summed E-state index contributed by atoms with van der Waals surface area (Å²) >= 11 is 7.76. The van der Waals surface area contributed by atoms with Crippen molar-refractivity contribution in [2.24, 2.45) is 5.41 Å². The number of benzene rings is 4. The number of amides is 1. The molecule has 4 fully saturated rings. The first-order chi connectivity index (χ1) is 34.9. The molecule has 3 N–H and O–H groups in total. The van der Waals surface area contributed by atoms with Gasteiger partial charge in [-0.3, -0.25) is 14.6 Å². The van der Waals surface area contributed by atoms with Crippen LogP contribution in [0.15, 0.2) is 117 Å². The molecule has 2 atom stereocenters. The van der Waals surface area contributed by atoms with E-state index in [9.17, 15) is 34.8 Å². The molecule has 21 heteroatoms. The van der Waals surface area contributed by atoms with Gasteiger partial charge in [0, 0.05) is 117 Å². The zero-order valence-corrected chi connectivity index (χ0v) is 45.6. The van der Waals surface area contributed by atoms with E-state index < -0.39 is 47.1 Å². The lowest BCUT2D eigenvalue weighted by atomic mass is 9.71. The maximum atomic E-state index is 14.3. The molecule has 0 radical (unpaired) electrons. The third-order valence-corrected chi connectivity index (χ3v) is 19.4. The highest BCUT2D eigenvalue weighted by atomic mass is 35.5. The van der Waals surface area contributed by atoms with Crippen molar-refractivity contribution in [3.8, 4) is 0 Å². The monoisotopic (exact) mass is 1120 g/mol. The van der Waals surface area contributed by atoms with E-state index in [4.69, 9.17) is 16.3 Å². The van der Waals surface area contributed by atoms with Gasteiger partial charge in [-0.25, -0.2) is 21.6 Å². The first-order valence-corrected chi connectivity index (χ1v) is 29.5. The van der Waals surface area contributed by atoms with Gasteiger partial charge in [-0.2, -0.15) is 13.2 Å². The number of nitrogens with one attached hydrogen (secondary N) is 3. The number of nitrogens with zero attached hydrogens (tertiary/aromatic N) is 4. The molecule has 0 aromatic heterocycles. The molecule has 3 heterocycles. The Morgan fingerprint density at radius 3 is 2.24 bits per heavy atom. The van der Waals surface area contributed by atoms with E-state index in [-0.39, 0.29) is 34.6 Å².